The van der Waals surface area contributed by atoms with Crippen LogP contribution >= 0.6 is 0 Å². The summed E-state index contributed by atoms with van der Waals surface area (Å²) in [6, 6.07) is 8.21. The third-order valence-electron chi connectivity index (χ3n) is 3.03. The minimum absolute atomic E-state index is 0.562. The van der Waals surface area contributed by atoms with Gasteiger partial charge < -0.3 is 15.4 Å². The van der Waals surface area contributed by atoms with E-state index in [-0.39, 0.29) is 0 Å². The number of hydrogen-bond donors (Lipinski definition) is 1. The minimum atomic E-state index is 0.562. The summed E-state index contributed by atoms with van der Waals surface area (Å²) in [6.45, 7) is 6.63. The van der Waals surface area contributed by atoms with Crippen molar-refractivity contribution in [3.8, 4) is 5.75 Å². The number of benzene rings is 1. The molecule has 1 rings (SSSR count). The largest absolute Gasteiger partial charge is 0.494 e. The maximum Gasteiger partial charge on any atom is 0.119 e. The Kier molecular flexibility index (Phi) is 5.84. The fourth-order valence-electron chi connectivity index (χ4n) is 1.83. The Morgan fingerprint density at radius 2 is 1.88 bits per heavy atom. The van der Waals surface area contributed by atoms with Crippen LogP contribution in [0, 0.1) is 5.92 Å². The van der Waals surface area contributed by atoms with Gasteiger partial charge in [0, 0.05) is 19.3 Å². The molecule has 0 aliphatic heterocycles. The van der Waals surface area contributed by atoms with Crippen molar-refractivity contribution >= 4 is 5.69 Å². The summed E-state index contributed by atoms with van der Waals surface area (Å²) >= 11 is 0. The molecule has 0 saturated heterocycles. The summed E-state index contributed by atoms with van der Waals surface area (Å²) in [5, 5.41) is 0. The average molecular weight is 236 g/mol. The summed E-state index contributed by atoms with van der Waals surface area (Å²) in [4.78, 5) is 2.25. The van der Waals surface area contributed by atoms with Crippen molar-refractivity contribution in [2.24, 2.45) is 11.7 Å². The van der Waals surface area contributed by atoms with Gasteiger partial charge in [0.25, 0.3) is 0 Å². The molecule has 3 heteroatoms. The van der Waals surface area contributed by atoms with Gasteiger partial charge in [-0.05, 0) is 43.7 Å². The van der Waals surface area contributed by atoms with Crippen LogP contribution in [-0.2, 0) is 0 Å². The normalized spacial score (nSPS) is 12.2. The van der Waals surface area contributed by atoms with Crippen molar-refractivity contribution in [2.45, 2.75) is 20.3 Å². The first-order chi connectivity index (χ1) is 8.21. The van der Waals surface area contributed by atoms with E-state index in [1.807, 2.05) is 19.1 Å². The van der Waals surface area contributed by atoms with E-state index in [9.17, 15) is 0 Å². The molecule has 1 unspecified atom stereocenters. The molecule has 2 N–H and O–H groups in total. The van der Waals surface area contributed by atoms with Gasteiger partial charge in [-0.3, -0.25) is 0 Å². The van der Waals surface area contributed by atoms with Gasteiger partial charge in [-0.1, -0.05) is 13.3 Å². The van der Waals surface area contributed by atoms with Gasteiger partial charge in [0.05, 0.1) is 6.61 Å². The van der Waals surface area contributed by atoms with Gasteiger partial charge >= 0.3 is 0 Å². The number of hydrogen-bond acceptors (Lipinski definition) is 3. The minimum Gasteiger partial charge on any atom is -0.494 e. The van der Waals surface area contributed by atoms with Crippen LogP contribution < -0.4 is 15.4 Å². The maximum absolute atomic E-state index is 5.73. The van der Waals surface area contributed by atoms with E-state index in [1.165, 1.54) is 5.69 Å². The molecular formula is C14H24N2O. The van der Waals surface area contributed by atoms with E-state index in [0.717, 1.165) is 25.3 Å². The Balaban J connectivity index is 2.59. The Morgan fingerprint density at radius 3 is 2.35 bits per heavy atom. The number of nitrogens with two attached hydrogens (primary N) is 1. The number of nitrogens with zero attached hydrogens (tertiary/aromatic N) is 1. The topological polar surface area (TPSA) is 38.5 Å². The molecule has 0 amide bonds. The van der Waals surface area contributed by atoms with Crippen LogP contribution in [0.25, 0.3) is 0 Å². The lowest BCUT2D eigenvalue weighted by Crippen LogP contribution is -2.29. The molecule has 1 aromatic rings. The second-order valence-corrected chi connectivity index (χ2v) is 4.32. The standard InChI is InChI=1S/C14H24N2O/c1-4-12(10-15)11-16(3)13-6-8-14(9-7-13)17-5-2/h6-9,12H,4-5,10-11,15H2,1-3H3. The van der Waals surface area contributed by atoms with Crippen molar-refractivity contribution in [1.82, 2.24) is 0 Å². The Labute approximate surface area is 105 Å². The number of rotatable bonds is 7. The third kappa shape index (κ3) is 4.27. The maximum atomic E-state index is 5.73. The molecule has 0 heterocycles. The van der Waals surface area contributed by atoms with Gasteiger partial charge in [-0.25, -0.2) is 0 Å². The van der Waals surface area contributed by atoms with Crippen LogP contribution in [-0.4, -0.2) is 26.7 Å². The predicted octanol–water partition coefficient (Wildman–Crippen LogP) is 2.51. The second-order valence-electron chi connectivity index (χ2n) is 4.32. The van der Waals surface area contributed by atoms with Crippen molar-refractivity contribution in [2.75, 3.05) is 31.6 Å². The van der Waals surface area contributed by atoms with E-state index < -0.39 is 0 Å². The zero-order chi connectivity index (χ0) is 12.7. The molecule has 17 heavy (non-hydrogen) atoms. The van der Waals surface area contributed by atoms with Crippen molar-refractivity contribution in [3.63, 3.8) is 0 Å². The lowest BCUT2D eigenvalue weighted by atomic mass is 10.1. The van der Waals surface area contributed by atoms with E-state index >= 15 is 0 Å². The molecule has 0 aliphatic rings. The van der Waals surface area contributed by atoms with E-state index in [4.69, 9.17) is 10.5 Å². The summed E-state index contributed by atoms with van der Waals surface area (Å²) in [5.41, 5.74) is 6.94. The summed E-state index contributed by atoms with van der Waals surface area (Å²) in [5.74, 6) is 1.49. The van der Waals surface area contributed by atoms with Gasteiger partial charge in [-0.15, -0.1) is 0 Å². The molecule has 0 bridgehead atoms. The number of anilines is 1. The van der Waals surface area contributed by atoms with Crippen LogP contribution in [0.1, 0.15) is 20.3 Å². The second kappa shape index (κ2) is 7.17. The highest BCUT2D eigenvalue weighted by molar-refractivity contribution is 5.48. The summed E-state index contributed by atoms with van der Waals surface area (Å²) < 4.78 is 5.43. The van der Waals surface area contributed by atoms with Crippen LogP contribution in [0.5, 0.6) is 5.75 Å². The monoisotopic (exact) mass is 236 g/mol. The van der Waals surface area contributed by atoms with Gasteiger partial charge in [0.1, 0.15) is 5.75 Å². The first-order valence-electron chi connectivity index (χ1n) is 6.35. The molecule has 0 aliphatic carbocycles. The SMILES string of the molecule is CCOc1ccc(N(C)CC(CC)CN)cc1. The lowest BCUT2D eigenvalue weighted by molar-refractivity contribution is 0.340. The molecule has 0 fully saturated rings. The zero-order valence-corrected chi connectivity index (χ0v) is 11.1. The average Bonchev–Trinajstić information content (AvgIpc) is 2.37. The molecule has 3 nitrogen and oxygen atoms in total. The van der Waals surface area contributed by atoms with Crippen LogP contribution in [0.2, 0.25) is 0 Å². The highest BCUT2D eigenvalue weighted by atomic mass is 16.5. The fourth-order valence-corrected chi connectivity index (χ4v) is 1.83. The molecule has 0 radical (unpaired) electrons. The van der Waals surface area contributed by atoms with Crippen LogP contribution in [0.4, 0.5) is 5.69 Å². The third-order valence-corrected chi connectivity index (χ3v) is 3.03. The molecule has 0 saturated carbocycles. The van der Waals surface area contributed by atoms with Crippen LogP contribution in [0.15, 0.2) is 24.3 Å². The fraction of sp³-hybridized carbons (Fsp3) is 0.571. The molecular weight excluding hydrogens is 212 g/mol. The van der Waals surface area contributed by atoms with E-state index in [0.29, 0.717) is 12.5 Å². The van der Waals surface area contributed by atoms with Gasteiger partial charge in [0.15, 0.2) is 0 Å². The van der Waals surface area contributed by atoms with Gasteiger partial charge in [-0.2, -0.15) is 0 Å². The smallest absolute Gasteiger partial charge is 0.119 e. The van der Waals surface area contributed by atoms with Crippen molar-refractivity contribution < 1.29 is 4.74 Å². The Morgan fingerprint density at radius 1 is 1.24 bits per heavy atom. The molecule has 1 aromatic carbocycles. The summed E-state index contributed by atoms with van der Waals surface area (Å²) in [7, 11) is 2.11. The van der Waals surface area contributed by atoms with Crippen molar-refractivity contribution in [1.29, 1.82) is 0 Å². The van der Waals surface area contributed by atoms with Crippen LogP contribution in [0.3, 0.4) is 0 Å². The highest BCUT2D eigenvalue weighted by Gasteiger charge is 2.08. The molecule has 96 valence electrons. The predicted molar refractivity (Wildman–Crippen MR) is 73.7 cm³/mol. The highest BCUT2D eigenvalue weighted by Crippen LogP contribution is 2.19. The van der Waals surface area contributed by atoms with E-state index in [2.05, 4.69) is 31.0 Å². The lowest BCUT2D eigenvalue weighted by Gasteiger charge is -2.24. The quantitative estimate of drug-likeness (QED) is 0.790. The molecule has 0 spiro atoms. The van der Waals surface area contributed by atoms with E-state index in [1.54, 1.807) is 0 Å². The molecule has 0 aromatic heterocycles. The Hall–Kier alpha value is -1.22. The first-order valence-corrected chi connectivity index (χ1v) is 6.35. The first kappa shape index (κ1) is 13.8. The van der Waals surface area contributed by atoms with Gasteiger partial charge in [0.2, 0.25) is 0 Å². The molecule has 1 atom stereocenters. The summed E-state index contributed by atoms with van der Waals surface area (Å²) in [6.07, 6.45) is 1.12. The zero-order valence-electron chi connectivity index (χ0n) is 11.1. The Bertz CT molecular complexity index is 307. The number of ether oxygens (including phenoxy) is 1. The van der Waals surface area contributed by atoms with Crippen molar-refractivity contribution in [3.05, 3.63) is 24.3 Å².